The Hall–Kier alpha value is -2.34. The van der Waals surface area contributed by atoms with Crippen molar-refractivity contribution in [3.05, 3.63) is 65.2 Å². The number of hydrogen-bond donors (Lipinski definition) is 0. The summed E-state index contributed by atoms with van der Waals surface area (Å²) in [6.07, 6.45) is 5.27. The van der Waals surface area contributed by atoms with Crippen LogP contribution in [-0.2, 0) is 6.61 Å². The van der Waals surface area contributed by atoms with Crippen LogP contribution in [-0.4, -0.2) is 0 Å². The summed E-state index contributed by atoms with van der Waals surface area (Å²) in [6, 6.07) is 10.7. The average Bonchev–Trinajstić information content (AvgIpc) is 2.40. The van der Waals surface area contributed by atoms with E-state index in [1.165, 1.54) is 6.07 Å². The molecule has 0 spiro atoms. The molecule has 0 saturated carbocycles. The maximum absolute atomic E-state index is 13.0. The highest BCUT2D eigenvalue weighted by Gasteiger charge is 2.03. The normalized spacial score (nSPS) is 9.83. The van der Waals surface area contributed by atoms with Crippen molar-refractivity contribution < 1.29 is 13.5 Å². The van der Waals surface area contributed by atoms with E-state index in [1.807, 2.05) is 0 Å². The lowest BCUT2D eigenvalue weighted by Gasteiger charge is -2.07. The van der Waals surface area contributed by atoms with Gasteiger partial charge in [-0.25, -0.2) is 8.78 Å². The standard InChI is InChI=1S/C15H10F2O/c1-2-11-4-3-5-13(8-11)18-10-12-6-7-14(16)15(17)9-12/h1,3-9H,10H2. The average molecular weight is 244 g/mol. The number of hydrogen-bond acceptors (Lipinski definition) is 1. The van der Waals surface area contributed by atoms with Gasteiger partial charge in [0.05, 0.1) is 0 Å². The molecule has 0 aliphatic rings. The van der Waals surface area contributed by atoms with E-state index in [9.17, 15) is 8.78 Å². The van der Waals surface area contributed by atoms with E-state index >= 15 is 0 Å². The number of benzene rings is 2. The fourth-order valence-corrected chi connectivity index (χ4v) is 1.47. The Morgan fingerprint density at radius 3 is 2.61 bits per heavy atom. The van der Waals surface area contributed by atoms with Crippen molar-refractivity contribution >= 4 is 0 Å². The minimum atomic E-state index is -0.881. The summed E-state index contributed by atoms with van der Waals surface area (Å²) in [7, 11) is 0. The molecular weight excluding hydrogens is 234 g/mol. The number of ether oxygens (including phenoxy) is 1. The third kappa shape index (κ3) is 2.86. The summed E-state index contributed by atoms with van der Waals surface area (Å²) in [5.74, 6) is 1.34. The van der Waals surface area contributed by atoms with Crippen LogP contribution in [0.3, 0.4) is 0 Å². The minimum absolute atomic E-state index is 0.158. The van der Waals surface area contributed by atoms with Crippen LogP contribution >= 0.6 is 0 Å². The van der Waals surface area contributed by atoms with Crippen LogP contribution in [0.1, 0.15) is 11.1 Å². The number of terminal acetylenes is 1. The Bertz CT molecular complexity index is 600. The molecule has 0 amide bonds. The highest BCUT2D eigenvalue weighted by Crippen LogP contribution is 2.15. The molecule has 0 unspecified atom stereocenters. The van der Waals surface area contributed by atoms with Gasteiger partial charge in [-0.15, -0.1) is 6.42 Å². The molecule has 2 aromatic rings. The van der Waals surface area contributed by atoms with Gasteiger partial charge in [0.25, 0.3) is 0 Å². The zero-order valence-electron chi connectivity index (χ0n) is 9.49. The third-order valence-corrected chi connectivity index (χ3v) is 2.39. The van der Waals surface area contributed by atoms with Crippen molar-refractivity contribution in [2.75, 3.05) is 0 Å². The molecule has 0 heterocycles. The predicted molar refractivity (Wildman–Crippen MR) is 65.1 cm³/mol. The smallest absolute Gasteiger partial charge is 0.159 e. The fraction of sp³-hybridized carbons (Fsp3) is 0.0667. The van der Waals surface area contributed by atoms with Crippen molar-refractivity contribution in [2.45, 2.75) is 6.61 Å². The van der Waals surface area contributed by atoms with Gasteiger partial charge in [0.15, 0.2) is 11.6 Å². The predicted octanol–water partition coefficient (Wildman–Crippen LogP) is 3.53. The maximum atomic E-state index is 13.0. The summed E-state index contributed by atoms with van der Waals surface area (Å²) < 4.78 is 31.1. The molecule has 0 N–H and O–H groups in total. The van der Waals surface area contributed by atoms with Gasteiger partial charge in [0.1, 0.15) is 12.4 Å². The molecule has 0 aliphatic carbocycles. The first-order valence-electron chi connectivity index (χ1n) is 5.32. The molecule has 3 heteroatoms. The largest absolute Gasteiger partial charge is 0.489 e. The van der Waals surface area contributed by atoms with E-state index in [0.29, 0.717) is 16.9 Å². The van der Waals surface area contributed by atoms with Crippen LogP contribution in [0.15, 0.2) is 42.5 Å². The van der Waals surface area contributed by atoms with Gasteiger partial charge in [-0.3, -0.25) is 0 Å². The van der Waals surface area contributed by atoms with E-state index in [4.69, 9.17) is 11.2 Å². The molecule has 90 valence electrons. The van der Waals surface area contributed by atoms with Crippen LogP contribution in [0.4, 0.5) is 8.78 Å². The van der Waals surface area contributed by atoms with Crippen molar-refractivity contribution in [3.63, 3.8) is 0 Å². The quantitative estimate of drug-likeness (QED) is 0.750. The minimum Gasteiger partial charge on any atom is -0.489 e. The van der Waals surface area contributed by atoms with Crippen LogP contribution in [0.25, 0.3) is 0 Å². The third-order valence-electron chi connectivity index (χ3n) is 2.39. The second-order valence-corrected chi connectivity index (χ2v) is 3.71. The van der Waals surface area contributed by atoms with E-state index in [0.717, 1.165) is 12.1 Å². The monoisotopic (exact) mass is 244 g/mol. The van der Waals surface area contributed by atoms with E-state index in [-0.39, 0.29) is 6.61 Å². The molecule has 0 saturated heterocycles. The SMILES string of the molecule is C#Cc1cccc(OCc2ccc(F)c(F)c2)c1. The van der Waals surface area contributed by atoms with Crippen molar-refractivity contribution in [2.24, 2.45) is 0 Å². The molecular formula is C15H10F2O. The second-order valence-electron chi connectivity index (χ2n) is 3.71. The van der Waals surface area contributed by atoms with Gasteiger partial charge >= 0.3 is 0 Å². The van der Waals surface area contributed by atoms with Gasteiger partial charge < -0.3 is 4.74 Å². The summed E-state index contributed by atoms with van der Waals surface area (Å²) in [5, 5.41) is 0. The van der Waals surface area contributed by atoms with E-state index in [1.54, 1.807) is 24.3 Å². The maximum Gasteiger partial charge on any atom is 0.159 e. The molecule has 0 radical (unpaired) electrons. The molecule has 2 rings (SSSR count). The zero-order valence-corrected chi connectivity index (χ0v) is 9.49. The Balaban J connectivity index is 2.07. The lowest BCUT2D eigenvalue weighted by atomic mass is 10.2. The highest BCUT2D eigenvalue weighted by molar-refractivity contribution is 5.38. The molecule has 18 heavy (non-hydrogen) atoms. The Morgan fingerprint density at radius 2 is 1.89 bits per heavy atom. The summed E-state index contributed by atoms with van der Waals surface area (Å²) in [4.78, 5) is 0. The first-order chi connectivity index (χ1) is 8.69. The summed E-state index contributed by atoms with van der Waals surface area (Å²) in [6.45, 7) is 0.158. The number of halogens is 2. The Kier molecular flexibility index (Phi) is 3.59. The molecule has 0 fully saturated rings. The highest BCUT2D eigenvalue weighted by atomic mass is 19.2. The van der Waals surface area contributed by atoms with Crippen LogP contribution in [0, 0.1) is 24.0 Å². The summed E-state index contributed by atoms with van der Waals surface area (Å²) in [5.41, 5.74) is 1.26. The van der Waals surface area contributed by atoms with Gasteiger partial charge in [-0.2, -0.15) is 0 Å². The molecule has 0 aromatic heterocycles. The van der Waals surface area contributed by atoms with E-state index in [2.05, 4.69) is 5.92 Å². The van der Waals surface area contributed by atoms with Crippen LogP contribution < -0.4 is 4.74 Å². The van der Waals surface area contributed by atoms with Crippen LogP contribution in [0.5, 0.6) is 5.75 Å². The number of rotatable bonds is 3. The second kappa shape index (κ2) is 5.33. The molecule has 0 aliphatic heterocycles. The molecule has 0 atom stereocenters. The van der Waals surface area contributed by atoms with Crippen LogP contribution in [0.2, 0.25) is 0 Å². The van der Waals surface area contributed by atoms with Gasteiger partial charge in [0.2, 0.25) is 0 Å². The first kappa shape index (κ1) is 12.1. The molecule has 2 aromatic carbocycles. The Labute approximate surface area is 104 Å². The summed E-state index contributed by atoms with van der Waals surface area (Å²) >= 11 is 0. The van der Waals surface area contributed by atoms with Gasteiger partial charge in [0, 0.05) is 5.56 Å². The fourth-order valence-electron chi connectivity index (χ4n) is 1.47. The molecule has 0 bridgehead atoms. The van der Waals surface area contributed by atoms with Crippen molar-refractivity contribution in [3.8, 4) is 18.1 Å². The first-order valence-corrected chi connectivity index (χ1v) is 5.32. The van der Waals surface area contributed by atoms with Gasteiger partial charge in [-0.1, -0.05) is 18.1 Å². The zero-order chi connectivity index (χ0) is 13.0. The van der Waals surface area contributed by atoms with Crippen molar-refractivity contribution in [1.82, 2.24) is 0 Å². The Morgan fingerprint density at radius 1 is 1.06 bits per heavy atom. The lowest BCUT2D eigenvalue weighted by Crippen LogP contribution is -1.97. The molecule has 1 nitrogen and oxygen atoms in total. The van der Waals surface area contributed by atoms with Gasteiger partial charge in [-0.05, 0) is 35.9 Å². The van der Waals surface area contributed by atoms with Crippen molar-refractivity contribution in [1.29, 1.82) is 0 Å². The topological polar surface area (TPSA) is 9.23 Å². The lowest BCUT2D eigenvalue weighted by molar-refractivity contribution is 0.305. The van der Waals surface area contributed by atoms with E-state index < -0.39 is 11.6 Å².